The third kappa shape index (κ3) is 2.79. The number of hydrogen-bond donors (Lipinski definition) is 3. The second-order valence-electron chi connectivity index (χ2n) is 7.42. The topological polar surface area (TPSA) is 95.2 Å². The molecule has 6 rings (SSSR count). The fourth-order valence-corrected chi connectivity index (χ4v) is 4.06. The SMILES string of the molecule is C1=C(c2cc3c(-c4cc5c(-c6ccccn6)cncc5[nH]4)n[nH]c3cn2)CCNC1. The summed E-state index contributed by atoms with van der Waals surface area (Å²) in [5.74, 6) is 0. The largest absolute Gasteiger partial charge is 0.352 e. The molecule has 0 bridgehead atoms. The number of aromatic nitrogens is 6. The standard InChI is InChI=1S/C23H19N7/c1-2-6-26-18(3-1)17-11-25-12-21-15(17)9-20(28-21)23-16-10-19(14-4-7-24-8-5-14)27-13-22(16)29-30-23/h1-4,6,9-13,24,28H,5,7-8H2,(H,29,30). The number of aromatic amines is 2. The summed E-state index contributed by atoms with van der Waals surface area (Å²) in [5.41, 5.74) is 7.89. The maximum atomic E-state index is 4.64. The summed E-state index contributed by atoms with van der Waals surface area (Å²) in [6, 6.07) is 10.2. The molecular weight excluding hydrogens is 374 g/mol. The number of nitrogens with zero attached hydrogens (tertiary/aromatic N) is 4. The van der Waals surface area contributed by atoms with Gasteiger partial charge in [-0.3, -0.25) is 20.1 Å². The van der Waals surface area contributed by atoms with Crippen LogP contribution in [0.3, 0.4) is 0 Å². The predicted octanol–water partition coefficient (Wildman–Crippen LogP) is 3.94. The molecule has 0 amide bonds. The van der Waals surface area contributed by atoms with Crippen molar-refractivity contribution < 1.29 is 0 Å². The average Bonchev–Trinajstić information content (AvgIpc) is 3.43. The van der Waals surface area contributed by atoms with E-state index in [0.29, 0.717) is 0 Å². The zero-order valence-corrected chi connectivity index (χ0v) is 16.2. The zero-order chi connectivity index (χ0) is 19.9. The molecule has 0 atom stereocenters. The van der Waals surface area contributed by atoms with E-state index >= 15 is 0 Å². The van der Waals surface area contributed by atoms with Gasteiger partial charge in [0.05, 0.1) is 40.5 Å². The van der Waals surface area contributed by atoms with Crippen LogP contribution in [0.2, 0.25) is 0 Å². The Balaban J connectivity index is 1.50. The van der Waals surface area contributed by atoms with Gasteiger partial charge in [0.1, 0.15) is 5.69 Å². The highest BCUT2D eigenvalue weighted by Gasteiger charge is 2.16. The van der Waals surface area contributed by atoms with E-state index in [2.05, 4.69) is 53.7 Å². The van der Waals surface area contributed by atoms with Crippen LogP contribution >= 0.6 is 0 Å². The van der Waals surface area contributed by atoms with Crippen molar-refractivity contribution >= 4 is 27.4 Å². The molecule has 5 aromatic heterocycles. The monoisotopic (exact) mass is 393 g/mol. The molecule has 0 saturated heterocycles. The molecule has 6 heterocycles. The predicted molar refractivity (Wildman–Crippen MR) is 118 cm³/mol. The van der Waals surface area contributed by atoms with Crippen molar-refractivity contribution in [3.05, 3.63) is 66.9 Å². The second-order valence-corrected chi connectivity index (χ2v) is 7.42. The molecule has 7 nitrogen and oxygen atoms in total. The van der Waals surface area contributed by atoms with E-state index in [1.807, 2.05) is 36.8 Å². The van der Waals surface area contributed by atoms with E-state index in [9.17, 15) is 0 Å². The fraction of sp³-hybridized carbons (Fsp3) is 0.130. The quantitative estimate of drug-likeness (QED) is 0.432. The lowest BCUT2D eigenvalue weighted by Crippen LogP contribution is -2.20. The number of fused-ring (bicyclic) bond motifs is 2. The van der Waals surface area contributed by atoms with Crippen molar-refractivity contribution in [3.63, 3.8) is 0 Å². The normalized spacial score (nSPS) is 14.3. The molecule has 1 aliphatic heterocycles. The van der Waals surface area contributed by atoms with Gasteiger partial charge in [0.2, 0.25) is 0 Å². The molecule has 1 aliphatic rings. The van der Waals surface area contributed by atoms with E-state index in [4.69, 9.17) is 0 Å². The van der Waals surface area contributed by atoms with Crippen LogP contribution < -0.4 is 5.32 Å². The first kappa shape index (κ1) is 17.1. The summed E-state index contributed by atoms with van der Waals surface area (Å²) in [6.45, 7) is 1.87. The number of pyridine rings is 3. The molecule has 5 aromatic rings. The lowest BCUT2D eigenvalue weighted by atomic mass is 10.0. The lowest BCUT2D eigenvalue weighted by molar-refractivity contribution is 0.737. The van der Waals surface area contributed by atoms with E-state index in [1.165, 1.54) is 5.57 Å². The number of nitrogens with one attached hydrogen (secondary N) is 3. The van der Waals surface area contributed by atoms with Crippen LogP contribution in [0, 0.1) is 0 Å². The Morgan fingerprint density at radius 2 is 1.90 bits per heavy atom. The van der Waals surface area contributed by atoms with E-state index in [-0.39, 0.29) is 0 Å². The van der Waals surface area contributed by atoms with Crippen LogP contribution in [0.25, 0.3) is 50.0 Å². The third-order valence-corrected chi connectivity index (χ3v) is 5.58. The van der Waals surface area contributed by atoms with Crippen molar-refractivity contribution in [2.24, 2.45) is 0 Å². The van der Waals surface area contributed by atoms with Gasteiger partial charge in [-0.15, -0.1) is 0 Å². The Hall–Kier alpha value is -3.84. The summed E-state index contributed by atoms with van der Waals surface area (Å²) in [7, 11) is 0. The first-order valence-electron chi connectivity index (χ1n) is 9.99. The van der Waals surface area contributed by atoms with Crippen LogP contribution in [0.5, 0.6) is 0 Å². The smallest absolute Gasteiger partial charge is 0.116 e. The highest BCUT2D eigenvalue weighted by atomic mass is 15.1. The van der Waals surface area contributed by atoms with E-state index in [0.717, 1.165) is 69.7 Å². The lowest BCUT2D eigenvalue weighted by Gasteiger charge is -2.13. The minimum absolute atomic E-state index is 0.881. The van der Waals surface area contributed by atoms with Crippen LogP contribution in [-0.2, 0) is 0 Å². The minimum Gasteiger partial charge on any atom is -0.352 e. The highest BCUT2D eigenvalue weighted by molar-refractivity contribution is 6.00. The highest BCUT2D eigenvalue weighted by Crippen LogP contribution is 2.33. The van der Waals surface area contributed by atoms with Gasteiger partial charge >= 0.3 is 0 Å². The molecule has 0 radical (unpaired) electrons. The first-order chi connectivity index (χ1) is 14.9. The van der Waals surface area contributed by atoms with Crippen molar-refractivity contribution in [2.75, 3.05) is 13.1 Å². The van der Waals surface area contributed by atoms with Crippen molar-refractivity contribution in [1.29, 1.82) is 0 Å². The average molecular weight is 393 g/mol. The second kappa shape index (κ2) is 6.89. The van der Waals surface area contributed by atoms with Gasteiger partial charge in [0.25, 0.3) is 0 Å². The molecule has 0 aliphatic carbocycles. The molecule has 7 heteroatoms. The summed E-state index contributed by atoms with van der Waals surface area (Å²) in [5, 5.41) is 13.2. The Bertz CT molecular complexity index is 1400. The number of H-pyrrole nitrogens is 2. The number of rotatable bonds is 3. The molecule has 0 spiro atoms. The zero-order valence-electron chi connectivity index (χ0n) is 16.2. The first-order valence-corrected chi connectivity index (χ1v) is 9.99. The van der Waals surface area contributed by atoms with Gasteiger partial charge in [-0.2, -0.15) is 5.10 Å². The molecule has 0 saturated carbocycles. The molecule has 3 N–H and O–H groups in total. The molecule has 146 valence electrons. The maximum absolute atomic E-state index is 4.64. The summed E-state index contributed by atoms with van der Waals surface area (Å²) in [6.07, 6.45) is 10.6. The van der Waals surface area contributed by atoms with Crippen molar-refractivity contribution in [1.82, 2.24) is 35.5 Å². The van der Waals surface area contributed by atoms with Crippen molar-refractivity contribution in [3.8, 4) is 22.6 Å². The van der Waals surface area contributed by atoms with E-state index in [1.54, 1.807) is 6.20 Å². The fourth-order valence-electron chi connectivity index (χ4n) is 4.06. The molecule has 0 aromatic carbocycles. The Morgan fingerprint density at radius 3 is 2.77 bits per heavy atom. The van der Waals surface area contributed by atoms with Gasteiger partial charge < -0.3 is 10.3 Å². The van der Waals surface area contributed by atoms with Gasteiger partial charge in [0.15, 0.2) is 0 Å². The maximum Gasteiger partial charge on any atom is 0.116 e. The van der Waals surface area contributed by atoms with Gasteiger partial charge in [-0.1, -0.05) is 12.1 Å². The van der Waals surface area contributed by atoms with Gasteiger partial charge in [-0.25, -0.2) is 0 Å². The third-order valence-electron chi connectivity index (χ3n) is 5.58. The van der Waals surface area contributed by atoms with E-state index < -0.39 is 0 Å². The molecule has 0 fully saturated rings. The Morgan fingerprint density at radius 1 is 0.900 bits per heavy atom. The van der Waals surface area contributed by atoms with Gasteiger partial charge in [0, 0.05) is 35.3 Å². The van der Waals surface area contributed by atoms with Crippen LogP contribution in [0.4, 0.5) is 0 Å². The summed E-state index contributed by atoms with van der Waals surface area (Å²) >= 11 is 0. The van der Waals surface area contributed by atoms with Crippen LogP contribution in [0.1, 0.15) is 12.1 Å². The van der Waals surface area contributed by atoms with Gasteiger partial charge in [-0.05, 0) is 42.8 Å². The number of hydrogen-bond acceptors (Lipinski definition) is 5. The Labute approximate surface area is 172 Å². The van der Waals surface area contributed by atoms with Crippen LogP contribution in [-0.4, -0.2) is 43.2 Å². The minimum atomic E-state index is 0.881. The molecule has 0 unspecified atom stereocenters. The molecular formula is C23H19N7. The Kier molecular flexibility index (Phi) is 3.92. The summed E-state index contributed by atoms with van der Waals surface area (Å²) in [4.78, 5) is 17.0. The molecule has 30 heavy (non-hydrogen) atoms. The van der Waals surface area contributed by atoms with Crippen LogP contribution in [0.15, 0.2) is 61.2 Å². The van der Waals surface area contributed by atoms with Crippen molar-refractivity contribution in [2.45, 2.75) is 6.42 Å². The summed E-state index contributed by atoms with van der Waals surface area (Å²) < 4.78 is 0.